The minimum atomic E-state index is 0.0381. The van der Waals surface area contributed by atoms with Gasteiger partial charge < -0.3 is 28.8 Å². The van der Waals surface area contributed by atoms with E-state index in [-0.39, 0.29) is 6.61 Å². The zero-order valence-corrected chi connectivity index (χ0v) is 18.1. The van der Waals surface area contributed by atoms with Crippen LogP contribution in [0.4, 0.5) is 0 Å². The largest absolute Gasteiger partial charge is 0.491 e. The molecule has 0 saturated carbocycles. The number of hydrogen-bond acceptors (Lipinski definition) is 6. The number of fused-ring (bicyclic) bond motifs is 1. The Morgan fingerprint density at radius 3 is 2.00 bits per heavy atom. The average Bonchev–Trinajstić information content (AvgIpc) is 2.77. The normalized spacial score (nSPS) is 11.3. The first kappa shape index (κ1) is 24.6. The predicted octanol–water partition coefficient (Wildman–Crippen LogP) is 3.62. The lowest BCUT2D eigenvalue weighted by Gasteiger charge is -2.10. The van der Waals surface area contributed by atoms with E-state index in [1.165, 1.54) is 29.2 Å². The summed E-state index contributed by atoms with van der Waals surface area (Å²) in [6, 6.07) is 12.8. The van der Waals surface area contributed by atoms with Gasteiger partial charge in [-0.3, -0.25) is 0 Å². The lowest BCUT2D eigenvalue weighted by Crippen LogP contribution is -2.14. The average molecular weight is 421 g/mol. The molecule has 0 fully saturated rings. The highest BCUT2D eigenvalue weighted by molar-refractivity contribution is 5.87. The molecule has 0 saturated heterocycles. The third kappa shape index (κ3) is 9.87. The van der Waals surface area contributed by atoms with E-state index in [2.05, 4.69) is 37.3 Å². The number of benzene rings is 2. The molecule has 1 N–H and O–H groups in total. The molecule has 2 rings (SSSR count). The summed E-state index contributed by atoms with van der Waals surface area (Å²) in [6.07, 6.45) is 3.54. The Hall–Kier alpha value is -1.70. The van der Waals surface area contributed by atoms with Crippen LogP contribution in [0.25, 0.3) is 10.8 Å². The lowest BCUT2D eigenvalue weighted by molar-refractivity contribution is -0.00779. The summed E-state index contributed by atoms with van der Waals surface area (Å²) in [7, 11) is 0. The summed E-state index contributed by atoms with van der Waals surface area (Å²) < 4.78 is 27.2. The fraction of sp³-hybridized carbons (Fsp3) is 0.583. The van der Waals surface area contributed by atoms with Crippen molar-refractivity contribution >= 4 is 10.8 Å². The molecule has 168 valence electrons. The first-order valence-electron chi connectivity index (χ1n) is 10.9. The van der Waals surface area contributed by atoms with Crippen LogP contribution in [-0.2, 0) is 25.4 Å². The van der Waals surface area contributed by atoms with Crippen molar-refractivity contribution in [3.05, 3.63) is 42.0 Å². The predicted molar refractivity (Wildman–Crippen MR) is 118 cm³/mol. The van der Waals surface area contributed by atoms with E-state index in [0.29, 0.717) is 59.5 Å². The van der Waals surface area contributed by atoms with Gasteiger partial charge in [-0.15, -0.1) is 0 Å². The van der Waals surface area contributed by atoms with Crippen molar-refractivity contribution < 1.29 is 28.8 Å². The second-order valence-electron chi connectivity index (χ2n) is 6.93. The van der Waals surface area contributed by atoms with Gasteiger partial charge in [-0.1, -0.05) is 37.6 Å². The van der Waals surface area contributed by atoms with E-state index in [1.54, 1.807) is 0 Å². The monoisotopic (exact) mass is 420 g/mol. The van der Waals surface area contributed by atoms with Gasteiger partial charge >= 0.3 is 0 Å². The highest BCUT2D eigenvalue weighted by atomic mass is 16.6. The van der Waals surface area contributed by atoms with Crippen LogP contribution < -0.4 is 4.74 Å². The molecule has 0 heterocycles. The Labute approximate surface area is 180 Å². The van der Waals surface area contributed by atoms with Crippen molar-refractivity contribution in [1.29, 1.82) is 0 Å². The van der Waals surface area contributed by atoms with Gasteiger partial charge in [0.2, 0.25) is 0 Å². The number of aryl methyl sites for hydroxylation is 1. The molecule has 2 aromatic rings. The zero-order valence-electron chi connectivity index (χ0n) is 18.1. The maximum atomic E-state index is 8.57. The smallest absolute Gasteiger partial charge is 0.120 e. The number of hydrogen-bond donors (Lipinski definition) is 1. The van der Waals surface area contributed by atoms with Crippen molar-refractivity contribution in [2.45, 2.75) is 26.2 Å². The molecule has 0 unspecified atom stereocenters. The molecule has 2 aromatic carbocycles. The van der Waals surface area contributed by atoms with Gasteiger partial charge in [0.1, 0.15) is 12.4 Å². The van der Waals surface area contributed by atoms with Crippen molar-refractivity contribution in [2.75, 3.05) is 66.1 Å². The number of ether oxygens (including phenoxy) is 5. The highest BCUT2D eigenvalue weighted by Gasteiger charge is 2.03. The van der Waals surface area contributed by atoms with Crippen molar-refractivity contribution in [2.24, 2.45) is 0 Å². The third-order valence-corrected chi connectivity index (χ3v) is 4.59. The van der Waals surface area contributed by atoms with Crippen LogP contribution in [0.3, 0.4) is 0 Å². The number of unbranched alkanes of at least 4 members (excludes halogenated alkanes) is 1. The van der Waals surface area contributed by atoms with Gasteiger partial charge in [0.05, 0.1) is 59.5 Å². The lowest BCUT2D eigenvalue weighted by atomic mass is 10.0. The second kappa shape index (κ2) is 16.1. The number of rotatable bonds is 18. The van der Waals surface area contributed by atoms with Crippen LogP contribution in [0, 0.1) is 0 Å². The molecule has 0 atom stereocenters. The van der Waals surface area contributed by atoms with E-state index in [1.807, 2.05) is 6.07 Å². The zero-order chi connectivity index (χ0) is 21.3. The van der Waals surface area contributed by atoms with Crippen LogP contribution in [0.1, 0.15) is 25.3 Å². The topological polar surface area (TPSA) is 66.4 Å². The van der Waals surface area contributed by atoms with Crippen LogP contribution in [0.2, 0.25) is 0 Å². The van der Waals surface area contributed by atoms with Crippen molar-refractivity contribution in [1.82, 2.24) is 0 Å². The van der Waals surface area contributed by atoms with Gasteiger partial charge in [-0.05, 0) is 41.3 Å². The van der Waals surface area contributed by atoms with Gasteiger partial charge in [0.15, 0.2) is 0 Å². The molecule has 6 nitrogen and oxygen atoms in total. The van der Waals surface area contributed by atoms with Gasteiger partial charge in [0, 0.05) is 0 Å². The van der Waals surface area contributed by atoms with Crippen LogP contribution in [-0.4, -0.2) is 71.2 Å². The molecule has 0 spiro atoms. The molecule has 0 aromatic heterocycles. The standard InChI is InChI=1S/C24H36O6/c1-2-3-5-21-6-4-7-22-20-23(8-9-24(21)22)30-19-18-29-17-16-28-15-14-27-13-12-26-11-10-25/h4,6-9,20,25H,2-3,5,10-19H2,1H3. The first-order valence-corrected chi connectivity index (χ1v) is 10.9. The highest BCUT2D eigenvalue weighted by Crippen LogP contribution is 2.25. The Balaban J connectivity index is 1.51. The third-order valence-electron chi connectivity index (χ3n) is 4.59. The Kier molecular flexibility index (Phi) is 13.1. The summed E-state index contributed by atoms with van der Waals surface area (Å²) in [4.78, 5) is 0. The van der Waals surface area contributed by atoms with Crippen molar-refractivity contribution in [3.8, 4) is 5.75 Å². The van der Waals surface area contributed by atoms with Crippen LogP contribution >= 0.6 is 0 Å². The first-order chi connectivity index (χ1) is 14.8. The summed E-state index contributed by atoms with van der Waals surface area (Å²) >= 11 is 0. The Morgan fingerprint density at radius 2 is 1.37 bits per heavy atom. The maximum Gasteiger partial charge on any atom is 0.120 e. The molecule has 0 aliphatic carbocycles. The number of aliphatic hydroxyl groups is 1. The summed E-state index contributed by atoms with van der Waals surface area (Å²) in [5, 5.41) is 11.1. The summed E-state index contributed by atoms with van der Waals surface area (Å²) in [6.45, 7) is 6.74. The molecule has 30 heavy (non-hydrogen) atoms. The quantitative estimate of drug-likeness (QED) is 0.372. The fourth-order valence-electron chi connectivity index (χ4n) is 3.05. The van der Waals surface area contributed by atoms with Gasteiger partial charge in [-0.25, -0.2) is 0 Å². The molecule has 0 aliphatic rings. The Bertz CT molecular complexity index is 690. The molecule has 0 aliphatic heterocycles. The minimum absolute atomic E-state index is 0.0381. The van der Waals surface area contributed by atoms with E-state index < -0.39 is 0 Å². The molecule has 0 radical (unpaired) electrons. The van der Waals surface area contributed by atoms with E-state index in [0.717, 1.165) is 12.2 Å². The van der Waals surface area contributed by atoms with Crippen molar-refractivity contribution in [3.63, 3.8) is 0 Å². The van der Waals surface area contributed by atoms with Gasteiger partial charge in [-0.2, -0.15) is 0 Å². The van der Waals surface area contributed by atoms with Crippen LogP contribution in [0.5, 0.6) is 5.75 Å². The molecular formula is C24H36O6. The number of aliphatic hydroxyl groups excluding tert-OH is 1. The summed E-state index contributed by atoms with van der Waals surface area (Å²) in [5.74, 6) is 0.870. The molecule has 0 bridgehead atoms. The molecule has 6 heteroatoms. The Morgan fingerprint density at radius 1 is 0.733 bits per heavy atom. The summed E-state index contributed by atoms with van der Waals surface area (Å²) in [5.41, 5.74) is 1.41. The van der Waals surface area contributed by atoms with E-state index in [9.17, 15) is 0 Å². The van der Waals surface area contributed by atoms with E-state index >= 15 is 0 Å². The SMILES string of the molecule is CCCCc1cccc2cc(OCCOCCOCCOCCOCCO)ccc12. The van der Waals surface area contributed by atoms with Gasteiger partial charge in [0.25, 0.3) is 0 Å². The maximum absolute atomic E-state index is 8.57. The molecular weight excluding hydrogens is 384 g/mol. The molecule has 0 amide bonds. The van der Waals surface area contributed by atoms with E-state index in [4.69, 9.17) is 28.8 Å². The fourth-order valence-corrected chi connectivity index (χ4v) is 3.05. The van der Waals surface area contributed by atoms with Crippen LogP contribution in [0.15, 0.2) is 36.4 Å². The second-order valence-corrected chi connectivity index (χ2v) is 6.93. The minimum Gasteiger partial charge on any atom is -0.491 e.